The molecular formula is C21H31ClN2O. The highest BCUT2D eigenvalue weighted by Gasteiger charge is 2.43. The van der Waals surface area contributed by atoms with Gasteiger partial charge in [-0.2, -0.15) is 0 Å². The molecular weight excluding hydrogens is 332 g/mol. The van der Waals surface area contributed by atoms with Gasteiger partial charge in [-0.25, -0.2) is 0 Å². The average molecular weight is 363 g/mol. The topological polar surface area (TPSA) is 32.3 Å². The van der Waals surface area contributed by atoms with Gasteiger partial charge in [0.1, 0.15) is 0 Å². The quantitative estimate of drug-likeness (QED) is 0.828. The van der Waals surface area contributed by atoms with Gasteiger partial charge in [-0.3, -0.25) is 4.79 Å². The zero-order valence-electron chi connectivity index (χ0n) is 15.2. The third-order valence-corrected chi connectivity index (χ3v) is 6.29. The molecule has 1 atom stereocenters. The van der Waals surface area contributed by atoms with Gasteiger partial charge in [-0.15, -0.1) is 12.4 Å². The molecule has 1 aromatic rings. The minimum atomic E-state index is 0. The molecule has 0 spiro atoms. The first kappa shape index (κ1) is 18.7. The lowest BCUT2D eigenvalue weighted by Crippen LogP contribution is -2.48. The minimum absolute atomic E-state index is 0. The van der Waals surface area contributed by atoms with Gasteiger partial charge in [-0.05, 0) is 81.5 Å². The average Bonchev–Trinajstić information content (AvgIpc) is 3.23. The smallest absolute Gasteiger partial charge is 0.223 e. The molecule has 2 saturated carbocycles. The Kier molecular flexibility index (Phi) is 6.06. The van der Waals surface area contributed by atoms with Gasteiger partial charge < -0.3 is 10.2 Å². The number of benzene rings is 1. The first-order valence-corrected chi connectivity index (χ1v) is 9.80. The van der Waals surface area contributed by atoms with Crippen LogP contribution in [0.3, 0.4) is 0 Å². The molecule has 1 unspecified atom stereocenters. The maximum Gasteiger partial charge on any atom is 0.223 e. The van der Waals surface area contributed by atoms with E-state index in [1.54, 1.807) is 0 Å². The van der Waals surface area contributed by atoms with E-state index >= 15 is 0 Å². The Morgan fingerprint density at radius 1 is 1.16 bits per heavy atom. The second-order valence-corrected chi connectivity index (χ2v) is 8.11. The first-order valence-electron chi connectivity index (χ1n) is 9.80. The van der Waals surface area contributed by atoms with Gasteiger partial charge in [0.15, 0.2) is 0 Å². The molecule has 1 N–H and O–H groups in total. The Bertz CT molecular complexity index is 589. The van der Waals surface area contributed by atoms with Crippen molar-refractivity contribution in [1.82, 2.24) is 10.2 Å². The third kappa shape index (κ3) is 4.20. The normalized spacial score (nSPS) is 28.1. The fraction of sp³-hybridized carbons (Fsp3) is 0.667. The van der Waals surface area contributed by atoms with Crippen LogP contribution in [0.25, 0.3) is 0 Å². The molecule has 1 heterocycles. The van der Waals surface area contributed by atoms with E-state index in [9.17, 15) is 4.79 Å². The van der Waals surface area contributed by atoms with Crippen molar-refractivity contribution >= 4 is 18.3 Å². The summed E-state index contributed by atoms with van der Waals surface area (Å²) in [5.74, 6) is 1.80. The van der Waals surface area contributed by atoms with E-state index in [0.717, 1.165) is 44.7 Å². The molecule has 0 bridgehead atoms. The molecule has 3 fully saturated rings. The van der Waals surface area contributed by atoms with Gasteiger partial charge >= 0.3 is 0 Å². The van der Waals surface area contributed by atoms with Gasteiger partial charge in [0.2, 0.25) is 5.91 Å². The van der Waals surface area contributed by atoms with Crippen molar-refractivity contribution in [2.45, 2.75) is 69.9 Å². The Morgan fingerprint density at radius 2 is 1.92 bits per heavy atom. The maximum absolute atomic E-state index is 12.8. The molecule has 0 aromatic heterocycles. The molecule has 3 nitrogen and oxygen atoms in total. The number of nitrogens with one attached hydrogen (secondary N) is 1. The van der Waals surface area contributed by atoms with Crippen molar-refractivity contribution < 1.29 is 4.79 Å². The zero-order valence-corrected chi connectivity index (χ0v) is 16.1. The molecule has 1 amide bonds. The second-order valence-electron chi connectivity index (χ2n) is 8.11. The Hall–Kier alpha value is -1.06. The van der Waals surface area contributed by atoms with Crippen LogP contribution < -0.4 is 5.32 Å². The third-order valence-electron chi connectivity index (χ3n) is 6.29. The summed E-state index contributed by atoms with van der Waals surface area (Å²) in [7, 11) is 0. The summed E-state index contributed by atoms with van der Waals surface area (Å²) in [5.41, 5.74) is 2.90. The summed E-state index contributed by atoms with van der Waals surface area (Å²) in [6.45, 7) is 4.45. The molecule has 3 aliphatic rings. The lowest BCUT2D eigenvalue weighted by molar-refractivity contribution is -0.136. The van der Waals surface area contributed by atoms with Crippen LogP contribution in [-0.4, -0.2) is 36.0 Å². The number of rotatable bonds is 6. The van der Waals surface area contributed by atoms with Gasteiger partial charge in [0.05, 0.1) is 0 Å². The Morgan fingerprint density at radius 3 is 2.56 bits per heavy atom. The number of hydrogen-bond acceptors (Lipinski definition) is 2. The molecule has 1 aromatic carbocycles. The summed E-state index contributed by atoms with van der Waals surface area (Å²) in [5, 5.41) is 3.41. The molecule has 4 rings (SSSR count). The number of hydrogen-bond donors (Lipinski definition) is 1. The van der Waals surface area contributed by atoms with Crippen LogP contribution in [0.2, 0.25) is 0 Å². The summed E-state index contributed by atoms with van der Waals surface area (Å²) < 4.78 is 0. The van der Waals surface area contributed by atoms with Crippen molar-refractivity contribution in [2.24, 2.45) is 5.92 Å². The van der Waals surface area contributed by atoms with E-state index in [-0.39, 0.29) is 12.4 Å². The number of amides is 1. The fourth-order valence-electron chi connectivity index (χ4n) is 4.59. The predicted molar refractivity (Wildman–Crippen MR) is 104 cm³/mol. The molecule has 138 valence electrons. The minimum Gasteiger partial charge on any atom is -0.337 e. The van der Waals surface area contributed by atoms with Crippen LogP contribution in [0.4, 0.5) is 0 Å². The Balaban J connectivity index is 0.00000182. The molecule has 4 heteroatoms. The van der Waals surface area contributed by atoms with Crippen molar-refractivity contribution in [3.8, 4) is 0 Å². The summed E-state index contributed by atoms with van der Waals surface area (Å²) in [6, 6.07) is 9.80. The van der Waals surface area contributed by atoms with Crippen molar-refractivity contribution in [3.05, 3.63) is 35.4 Å². The number of nitrogens with zero attached hydrogens (tertiary/aromatic N) is 1. The van der Waals surface area contributed by atoms with E-state index in [1.807, 2.05) is 0 Å². The number of carbonyl (C=O) groups excluding carboxylic acids is 1. The van der Waals surface area contributed by atoms with E-state index in [4.69, 9.17) is 0 Å². The predicted octanol–water partition coefficient (Wildman–Crippen LogP) is 4.04. The molecule has 2 aliphatic carbocycles. The van der Waals surface area contributed by atoms with E-state index in [1.165, 1.54) is 30.4 Å². The standard InChI is InChI=1S/C21H30N2O.ClH/c1-15-4-2-3-5-20(15)17-12-19(13-17)23(18-7-8-18)21(24)9-6-16-10-11-22-14-16;/h2-5,16-19,22H,6-14H2,1H3;1H. The summed E-state index contributed by atoms with van der Waals surface area (Å²) >= 11 is 0. The van der Waals surface area contributed by atoms with Gasteiger partial charge in [-0.1, -0.05) is 24.3 Å². The highest BCUT2D eigenvalue weighted by molar-refractivity contribution is 5.85. The summed E-state index contributed by atoms with van der Waals surface area (Å²) in [6.07, 6.45) is 7.85. The molecule has 1 saturated heterocycles. The van der Waals surface area contributed by atoms with Crippen LogP contribution in [0, 0.1) is 12.8 Å². The van der Waals surface area contributed by atoms with Crippen LogP contribution in [0.1, 0.15) is 62.0 Å². The lowest BCUT2D eigenvalue weighted by atomic mass is 9.73. The number of aryl methyl sites for hydroxylation is 1. The maximum atomic E-state index is 12.8. The summed E-state index contributed by atoms with van der Waals surface area (Å²) in [4.78, 5) is 15.1. The number of halogens is 1. The SMILES string of the molecule is Cc1ccccc1C1CC(N(C(=O)CCC2CCNC2)C2CC2)C1.Cl. The molecule has 1 aliphatic heterocycles. The van der Waals surface area contributed by atoms with Crippen molar-refractivity contribution in [3.63, 3.8) is 0 Å². The monoisotopic (exact) mass is 362 g/mol. The molecule has 0 radical (unpaired) electrons. The highest BCUT2D eigenvalue weighted by atomic mass is 35.5. The van der Waals surface area contributed by atoms with Gasteiger partial charge in [0.25, 0.3) is 0 Å². The largest absolute Gasteiger partial charge is 0.337 e. The number of carbonyl (C=O) groups is 1. The second kappa shape index (κ2) is 8.09. The van der Waals surface area contributed by atoms with Gasteiger partial charge in [0, 0.05) is 18.5 Å². The van der Waals surface area contributed by atoms with Crippen molar-refractivity contribution in [2.75, 3.05) is 13.1 Å². The van der Waals surface area contributed by atoms with Crippen LogP contribution in [-0.2, 0) is 4.79 Å². The Labute approximate surface area is 158 Å². The van der Waals surface area contributed by atoms with E-state index in [2.05, 4.69) is 41.4 Å². The van der Waals surface area contributed by atoms with Crippen molar-refractivity contribution in [1.29, 1.82) is 0 Å². The van der Waals surface area contributed by atoms with Crippen LogP contribution in [0.15, 0.2) is 24.3 Å². The van der Waals surface area contributed by atoms with E-state index < -0.39 is 0 Å². The van der Waals surface area contributed by atoms with Crippen LogP contribution >= 0.6 is 12.4 Å². The molecule has 25 heavy (non-hydrogen) atoms. The lowest BCUT2D eigenvalue weighted by Gasteiger charge is -2.44. The van der Waals surface area contributed by atoms with E-state index in [0.29, 0.717) is 23.9 Å². The van der Waals surface area contributed by atoms with Crippen LogP contribution in [0.5, 0.6) is 0 Å². The highest BCUT2D eigenvalue weighted by Crippen LogP contribution is 2.44. The first-order chi connectivity index (χ1) is 11.7. The zero-order chi connectivity index (χ0) is 16.5. The fourth-order valence-corrected chi connectivity index (χ4v) is 4.59.